The van der Waals surface area contributed by atoms with Crippen LogP contribution >= 0.6 is 0 Å². The molecular formula is C12H19N3O3S. The van der Waals surface area contributed by atoms with Gasteiger partial charge in [-0.25, -0.2) is 18.5 Å². The molecule has 19 heavy (non-hydrogen) atoms. The van der Waals surface area contributed by atoms with E-state index in [1.54, 1.807) is 0 Å². The Morgan fingerprint density at radius 3 is 2.58 bits per heavy atom. The molecule has 0 amide bonds. The van der Waals surface area contributed by atoms with E-state index in [9.17, 15) is 8.42 Å². The van der Waals surface area contributed by atoms with Gasteiger partial charge in [0, 0.05) is 12.6 Å². The fourth-order valence-electron chi connectivity index (χ4n) is 2.08. The first-order valence-electron chi connectivity index (χ1n) is 6.40. The van der Waals surface area contributed by atoms with Crippen molar-refractivity contribution >= 4 is 10.0 Å². The first-order chi connectivity index (χ1) is 9.05. The summed E-state index contributed by atoms with van der Waals surface area (Å²) in [5.41, 5.74) is 0. The molecule has 0 aliphatic carbocycles. The van der Waals surface area contributed by atoms with Crippen molar-refractivity contribution in [1.82, 2.24) is 9.88 Å². The lowest BCUT2D eigenvalue weighted by Crippen LogP contribution is -2.33. The number of sulfonamides is 1. The third-order valence-electron chi connectivity index (χ3n) is 3.14. The molecular weight excluding hydrogens is 266 g/mol. The van der Waals surface area contributed by atoms with Crippen molar-refractivity contribution in [2.24, 2.45) is 5.14 Å². The zero-order valence-electron chi connectivity index (χ0n) is 10.8. The van der Waals surface area contributed by atoms with Crippen LogP contribution in [0.15, 0.2) is 23.2 Å². The number of primary sulfonamides is 1. The van der Waals surface area contributed by atoms with E-state index in [0.717, 1.165) is 19.6 Å². The van der Waals surface area contributed by atoms with Crippen LogP contribution in [0.3, 0.4) is 0 Å². The maximum atomic E-state index is 11.1. The number of ether oxygens (including phenoxy) is 1. The van der Waals surface area contributed by atoms with E-state index in [1.807, 2.05) is 0 Å². The van der Waals surface area contributed by atoms with Crippen LogP contribution in [0.5, 0.6) is 5.88 Å². The molecule has 0 spiro atoms. The number of pyridine rings is 1. The van der Waals surface area contributed by atoms with Gasteiger partial charge in [0.1, 0.15) is 11.5 Å². The minimum Gasteiger partial charge on any atom is -0.476 e. The van der Waals surface area contributed by atoms with Gasteiger partial charge in [-0.05, 0) is 32.0 Å². The molecule has 0 bridgehead atoms. The molecule has 1 aromatic heterocycles. The average Bonchev–Trinajstić information content (AvgIpc) is 2.39. The van der Waals surface area contributed by atoms with E-state index in [4.69, 9.17) is 9.88 Å². The van der Waals surface area contributed by atoms with Crippen molar-refractivity contribution in [2.75, 3.05) is 26.2 Å². The fraction of sp³-hybridized carbons (Fsp3) is 0.583. The number of hydrogen-bond donors (Lipinski definition) is 1. The molecule has 2 N–H and O–H groups in total. The summed E-state index contributed by atoms with van der Waals surface area (Å²) < 4.78 is 27.6. The summed E-state index contributed by atoms with van der Waals surface area (Å²) in [6.45, 7) is 3.68. The molecule has 0 radical (unpaired) electrons. The van der Waals surface area contributed by atoms with Crippen LogP contribution < -0.4 is 9.88 Å². The minimum atomic E-state index is -3.68. The van der Waals surface area contributed by atoms with Crippen molar-refractivity contribution in [3.8, 4) is 5.88 Å². The van der Waals surface area contributed by atoms with Crippen LogP contribution in [-0.4, -0.2) is 44.5 Å². The Kier molecular flexibility index (Phi) is 4.73. The van der Waals surface area contributed by atoms with Crippen molar-refractivity contribution in [2.45, 2.75) is 24.2 Å². The summed E-state index contributed by atoms with van der Waals surface area (Å²) in [5.74, 6) is 0.421. The van der Waals surface area contributed by atoms with Crippen LogP contribution in [0.1, 0.15) is 19.3 Å². The molecule has 0 unspecified atom stereocenters. The second-order valence-electron chi connectivity index (χ2n) is 4.63. The van der Waals surface area contributed by atoms with Gasteiger partial charge in [0.05, 0.1) is 6.20 Å². The van der Waals surface area contributed by atoms with Crippen molar-refractivity contribution in [3.05, 3.63) is 18.3 Å². The topological polar surface area (TPSA) is 85.5 Å². The standard InChI is InChI=1S/C12H19N3O3S/c13-19(16,17)11-4-5-12(14-10-11)18-9-8-15-6-2-1-3-7-15/h4-5,10H,1-3,6-9H2,(H2,13,16,17). The number of nitrogens with two attached hydrogens (primary N) is 1. The summed E-state index contributed by atoms with van der Waals surface area (Å²) in [4.78, 5) is 6.29. The maximum Gasteiger partial charge on any atom is 0.239 e. The Morgan fingerprint density at radius 2 is 2.00 bits per heavy atom. The van der Waals surface area contributed by atoms with Crippen LogP contribution in [0, 0.1) is 0 Å². The van der Waals surface area contributed by atoms with Gasteiger partial charge in [-0.15, -0.1) is 0 Å². The van der Waals surface area contributed by atoms with E-state index in [0.29, 0.717) is 12.5 Å². The molecule has 2 rings (SSSR count). The fourth-order valence-corrected chi connectivity index (χ4v) is 2.54. The van der Waals surface area contributed by atoms with Gasteiger partial charge in [0.25, 0.3) is 0 Å². The van der Waals surface area contributed by atoms with Crippen LogP contribution in [-0.2, 0) is 10.0 Å². The van der Waals surface area contributed by atoms with Gasteiger partial charge < -0.3 is 4.74 Å². The lowest BCUT2D eigenvalue weighted by molar-refractivity contribution is 0.180. The third kappa shape index (κ3) is 4.45. The zero-order valence-corrected chi connectivity index (χ0v) is 11.6. The van der Waals surface area contributed by atoms with Gasteiger partial charge >= 0.3 is 0 Å². The Morgan fingerprint density at radius 1 is 1.26 bits per heavy atom. The molecule has 1 aliphatic heterocycles. The quantitative estimate of drug-likeness (QED) is 0.856. The Balaban J connectivity index is 1.80. The van der Waals surface area contributed by atoms with Gasteiger partial charge in [-0.1, -0.05) is 6.42 Å². The van der Waals surface area contributed by atoms with Crippen LogP contribution in [0.2, 0.25) is 0 Å². The van der Waals surface area contributed by atoms with Crippen LogP contribution in [0.25, 0.3) is 0 Å². The maximum absolute atomic E-state index is 11.1. The van der Waals surface area contributed by atoms with E-state index in [2.05, 4.69) is 9.88 Å². The molecule has 7 heteroatoms. The number of likely N-dealkylation sites (tertiary alicyclic amines) is 1. The smallest absolute Gasteiger partial charge is 0.239 e. The summed E-state index contributed by atoms with van der Waals surface area (Å²) in [6, 6.07) is 2.93. The normalized spacial score (nSPS) is 17.3. The van der Waals surface area contributed by atoms with Gasteiger partial charge in [-0.3, -0.25) is 4.90 Å². The highest BCUT2D eigenvalue weighted by atomic mass is 32.2. The summed E-state index contributed by atoms with van der Waals surface area (Å²) >= 11 is 0. The Hall–Kier alpha value is -1.18. The van der Waals surface area contributed by atoms with Gasteiger partial charge in [0.2, 0.25) is 15.9 Å². The number of hydrogen-bond acceptors (Lipinski definition) is 5. The van der Waals surface area contributed by atoms with Crippen molar-refractivity contribution in [1.29, 1.82) is 0 Å². The molecule has 0 atom stereocenters. The highest BCUT2D eigenvalue weighted by Gasteiger charge is 2.10. The summed E-state index contributed by atoms with van der Waals surface area (Å²) in [7, 11) is -3.68. The molecule has 0 saturated carbocycles. The highest BCUT2D eigenvalue weighted by Crippen LogP contribution is 2.11. The van der Waals surface area contributed by atoms with E-state index >= 15 is 0 Å². The second kappa shape index (κ2) is 6.31. The molecule has 1 aromatic rings. The van der Waals surface area contributed by atoms with Crippen LogP contribution in [0.4, 0.5) is 0 Å². The Bertz CT molecular complexity index is 495. The molecule has 0 aromatic carbocycles. The van der Waals surface area contributed by atoms with E-state index in [-0.39, 0.29) is 4.90 Å². The lowest BCUT2D eigenvalue weighted by Gasteiger charge is -2.25. The summed E-state index contributed by atoms with van der Waals surface area (Å²) in [6.07, 6.45) is 5.03. The lowest BCUT2D eigenvalue weighted by atomic mass is 10.1. The van der Waals surface area contributed by atoms with E-state index in [1.165, 1.54) is 37.6 Å². The largest absolute Gasteiger partial charge is 0.476 e. The number of piperidine rings is 1. The van der Waals surface area contributed by atoms with Crippen molar-refractivity contribution < 1.29 is 13.2 Å². The first-order valence-corrected chi connectivity index (χ1v) is 7.94. The predicted octanol–water partition coefficient (Wildman–Crippen LogP) is 0.594. The van der Waals surface area contributed by atoms with Gasteiger partial charge in [0.15, 0.2) is 0 Å². The zero-order chi connectivity index (χ0) is 13.7. The monoisotopic (exact) mass is 285 g/mol. The SMILES string of the molecule is NS(=O)(=O)c1ccc(OCCN2CCCCC2)nc1. The predicted molar refractivity (Wildman–Crippen MR) is 71.4 cm³/mol. The van der Waals surface area contributed by atoms with E-state index < -0.39 is 10.0 Å². The van der Waals surface area contributed by atoms with Gasteiger partial charge in [-0.2, -0.15) is 0 Å². The molecule has 1 saturated heterocycles. The highest BCUT2D eigenvalue weighted by molar-refractivity contribution is 7.89. The Labute approximate surface area is 113 Å². The molecule has 6 nitrogen and oxygen atoms in total. The molecule has 1 aliphatic rings. The second-order valence-corrected chi connectivity index (χ2v) is 6.19. The molecule has 2 heterocycles. The molecule has 1 fully saturated rings. The minimum absolute atomic E-state index is 0.00381. The first kappa shape index (κ1) is 14.2. The summed E-state index contributed by atoms with van der Waals surface area (Å²) in [5, 5.41) is 4.99. The molecule has 106 valence electrons. The van der Waals surface area contributed by atoms with Crippen molar-refractivity contribution in [3.63, 3.8) is 0 Å². The third-order valence-corrected chi connectivity index (χ3v) is 4.04. The average molecular weight is 285 g/mol. The number of rotatable bonds is 5. The number of aromatic nitrogens is 1. The number of nitrogens with zero attached hydrogens (tertiary/aromatic N) is 2.